The highest BCUT2D eigenvalue weighted by molar-refractivity contribution is 14.1. The van der Waals surface area contributed by atoms with Crippen LogP contribution in [0.4, 0.5) is 8.78 Å². The third-order valence-corrected chi connectivity index (χ3v) is 3.33. The third kappa shape index (κ3) is 2.60. The number of halogens is 4. The minimum absolute atomic E-state index is 0.177. The van der Waals surface area contributed by atoms with Crippen molar-refractivity contribution in [3.8, 4) is 11.1 Å². The standard InChI is InChI=1S/C11H8ClF2IN2/c1-11(13,14)9-8(10(15)17-16-9)6-2-4-7(12)5-3-6/h2-5H,1H3,(H,16,17). The van der Waals surface area contributed by atoms with Gasteiger partial charge in [-0.1, -0.05) is 23.7 Å². The number of nitrogens with one attached hydrogen (secondary N) is 1. The van der Waals surface area contributed by atoms with Crippen LogP contribution in [0.5, 0.6) is 0 Å². The number of hydrogen-bond donors (Lipinski definition) is 1. The lowest BCUT2D eigenvalue weighted by atomic mass is 10.0. The van der Waals surface area contributed by atoms with Crippen molar-refractivity contribution in [2.45, 2.75) is 12.8 Å². The van der Waals surface area contributed by atoms with Crippen LogP contribution in [0.15, 0.2) is 24.3 Å². The zero-order valence-electron chi connectivity index (χ0n) is 8.77. The molecule has 0 atom stereocenters. The van der Waals surface area contributed by atoms with E-state index in [0.717, 1.165) is 6.92 Å². The fourth-order valence-electron chi connectivity index (χ4n) is 1.52. The maximum absolute atomic E-state index is 13.4. The molecule has 1 aromatic heterocycles. The van der Waals surface area contributed by atoms with Crippen LogP contribution in [0, 0.1) is 3.70 Å². The molecule has 0 unspecified atom stereocenters. The van der Waals surface area contributed by atoms with Crippen molar-refractivity contribution in [2.75, 3.05) is 0 Å². The Balaban J connectivity index is 2.59. The minimum atomic E-state index is -2.95. The van der Waals surface area contributed by atoms with E-state index < -0.39 is 5.92 Å². The van der Waals surface area contributed by atoms with Crippen LogP contribution in [0.25, 0.3) is 11.1 Å². The highest BCUT2D eigenvalue weighted by Crippen LogP contribution is 2.36. The van der Waals surface area contributed by atoms with E-state index >= 15 is 0 Å². The van der Waals surface area contributed by atoms with E-state index in [1.165, 1.54) is 0 Å². The summed E-state index contributed by atoms with van der Waals surface area (Å²) in [5, 5.41) is 6.78. The quantitative estimate of drug-likeness (QED) is 0.780. The second kappa shape index (κ2) is 4.53. The highest BCUT2D eigenvalue weighted by atomic mass is 127. The molecule has 90 valence electrons. The fourth-order valence-corrected chi connectivity index (χ4v) is 2.35. The predicted molar refractivity (Wildman–Crippen MR) is 71.3 cm³/mol. The molecule has 0 saturated carbocycles. The minimum Gasteiger partial charge on any atom is -0.275 e. The van der Waals surface area contributed by atoms with E-state index in [0.29, 0.717) is 19.9 Å². The van der Waals surface area contributed by atoms with Gasteiger partial charge in [-0.3, -0.25) is 5.10 Å². The maximum Gasteiger partial charge on any atom is 0.287 e. The molecule has 2 nitrogen and oxygen atoms in total. The molecule has 0 aliphatic rings. The number of alkyl halides is 2. The van der Waals surface area contributed by atoms with Gasteiger partial charge in [-0.2, -0.15) is 13.9 Å². The number of H-pyrrole nitrogens is 1. The lowest BCUT2D eigenvalue weighted by molar-refractivity contribution is 0.0133. The van der Waals surface area contributed by atoms with Gasteiger partial charge in [0.05, 0.1) is 0 Å². The Morgan fingerprint density at radius 2 is 1.88 bits per heavy atom. The first-order valence-electron chi connectivity index (χ1n) is 4.77. The first-order chi connectivity index (χ1) is 7.89. The second-order valence-electron chi connectivity index (χ2n) is 3.66. The summed E-state index contributed by atoms with van der Waals surface area (Å²) < 4.78 is 27.3. The lowest BCUT2D eigenvalue weighted by Crippen LogP contribution is -2.09. The fraction of sp³-hybridized carbons (Fsp3) is 0.182. The van der Waals surface area contributed by atoms with Crippen molar-refractivity contribution in [3.05, 3.63) is 38.7 Å². The van der Waals surface area contributed by atoms with E-state index in [1.807, 2.05) is 22.6 Å². The number of hydrogen-bond acceptors (Lipinski definition) is 1. The maximum atomic E-state index is 13.4. The molecule has 0 amide bonds. The molecular formula is C11H8ClF2IN2. The van der Waals surface area contributed by atoms with Gasteiger partial charge in [-0.15, -0.1) is 0 Å². The first kappa shape index (κ1) is 12.8. The van der Waals surface area contributed by atoms with E-state index in [2.05, 4.69) is 10.2 Å². The van der Waals surface area contributed by atoms with Gasteiger partial charge >= 0.3 is 0 Å². The molecule has 2 rings (SSSR count). The van der Waals surface area contributed by atoms with Gasteiger partial charge in [-0.05, 0) is 40.3 Å². The molecular weight excluding hydrogens is 360 g/mol. The van der Waals surface area contributed by atoms with Crippen molar-refractivity contribution >= 4 is 34.2 Å². The van der Waals surface area contributed by atoms with Crippen LogP contribution in [0.1, 0.15) is 12.6 Å². The number of rotatable bonds is 2. The number of nitrogens with zero attached hydrogens (tertiary/aromatic N) is 1. The Morgan fingerprint density at radius 3 is 2.41 bits per heavy atom. The van der Waals surface area contributed by atoms with Crippen LogP contribution in [-0.2, 0) is 5.92 Å². The molecule has 2 aromatic rings. The Kier molecular flexibility index (Phi) is 3.40. The molecule has 0 saturated heterocycles. The number of benzene rings is 1. The molecule has 17 heavy (non-hydrogen) atoms. The van der Waals surface area contributed by atoms with Crippen LogP contribution in [-0.4, -0.2) is 10.2 Å². The van der Waals surface area contributed by atoms with E-state index in [1.54, 1.807) is 24.3 Å². The largest absolute Gasteiger partial charge is 0.287 e. The highest BCUT2D eigenvalue weighted by Gasteiger charge is 2.32. The molecule has 0 radical (unpaired) electrons. The van der Waals surface area contributed by atoms with Gasteiger partial charge in [-0.25, -0.2) is 0 Å². The summed E-state index contributed by atoms with van der Waals surface area (Å²) in [6.07, 6.45) is 0. The summed E-state index contributed by atoms with van der Waals surface area (Å²) in [5.41, 5.74) is 0.920. The van der Waals surface area contributed by atoms with Gasteiger partial charge < -0.3 is 0 Å². The van der Waals surface area contributed by atoms with Crippen LogP contribution in [0.2, 0.25) is 5.02 Å². The average molecular weight is 369 g/mol. The van der Waals surface area contributed by atoms with E-state index in [-0.39, 0.29) is 5.69 Å². The molecule has 1 N–H and O–H groups in total. The van der Waals surface area contributed by atoms with Gasteiger partial charge in [0.2, 0.25) is 0 Å². The summed E-state index contributed by atoms with van der Waals surface area (Å²) in [7, 11) is 0. The Bertz CT molecular complexity index is 531. The third-order valence-electron chi connectivity index (χ3n) is 2.29. The van der Waals surface area contributed by atoms with Crippen LogP contribution in [0.3, 0.4) is 0 Å². The monoisotopic (exact) mass is 368 g/mol. The van der Waals surface area contributed by atoms with Crippen molar-refractivity contribution in [1.82, 2.24) is 10.2 Å². The average Bonchev–Trinajstić information content (AvgIpc) is 2.61. The van der Waals surface area contributed by atoms with Crippen molar-refractivity contribution in [3.63, 3.8) is 0 Å². The molecule has 0 fully saturated rings. The number of aromatic nitrogens is 2. The summed E-state index contributed by atoms with van der Waals surface area (Å²) in [4.78, 5) is 0. The van der Waals surface area contributed by atoms with Crippen molar-refractivity contribution in [1.29, 1.82) is 0 Å². The first-order valence-corrected chi connectivity index (χ1v) is 6.23. The van der Waals surface area contributed by atoms with Crippen LogP contribution >= 0.6 is 34.2 Å². The number of aromatic amines is 1. The lowest BCUT2D eigenvalue weighted by Gasteiger charge is -2.10. The van der Waals surface area contributed by atoms with Gasteiger partial charge in [0.1, 0.15) is 9.39 Å². The molecule has 0 bridgehead atoms. The van der Waals surface area contributed by atoms with E-state index in [4.69, 9.17) is 11.6 Å². The Labute approximate surface area is 116 Å². The second-order valence-corrected chi connectivity index (χ2v) is 5.12. The van der Waals surface area contributed by atoms with Gasteiger partial charge in [0.25, 0.3) is 5.92 Å². The molecule has 0 spiro atoms. The molecule has 0 aliphatic heterocycles. The smallest absolute Gasteiger partial charge is 0.275 e. The Morgan fingerprint density at radius 1 is 1.29 bits per heavy atom. The zero-order chi connectivity index (χ0) is 12.6. The van der Waals surface area contributed by atoms with Gasteiger partial charge in [0.15, 0.2) is 0 Å². The summed E-state index contributed by atoms with van der Waals surface area (Å²) >= 11 is 7.69. The molecule has 1 heterocycles. The predicted octanol–water partition coefficient (Wildman–Crippen LogP) is 4.45. The van der Waals surface area contributed by atoms with Crippen LogP contribution < -0.4 is 0 Å². The SMILES string of the molecule is CC(F)(F)c1[nH]nc(I)c1-c1ccc(Cl)cc1. The molecule has 6 heteroatoms. The Hall–Kier alpha value is -0.690. The molecule has 0 aliphatic carbocycles. The summed E-state index contributed by atoms with van der Waals surface area (Å²) in [6, 6.07) is 6.73. The summed E-state index contributed by atoms with van der Waals surface area (Å²) in [5.74, 6) is -2.95. The topological polar surface area (TPSA) is 28.7 Å². The summed E-state index contributed by atoms with van der Waals surface area (Å²) in [6.45, 7) is 0.843. The zero-order valence-corrected chi connectivity index (χ0v) is 11.7. The van der Waals surface area contributed by atoms with Crippen molar-refractivity contribution in [2.24, 2.45) is 0 Å². The van der Waals surface area contributed by atoms with Crippen molar-refractivity contribution < 1.29 is 8.78 Å². The molecule has 1 aromatic carbocycles. The van der Waals surface area contributed by atoms with Gasteiger partial charge in [0, 0.05) is 17.5 Å². The normalized spacial score (nSPS) is 11.8. The van der Waals surface area contributed by atoms with E-state index in [9.17, 15) is 8.78 Å².